The normalized spacial score (nSPS) is 19.6. The van der Waals surface area contributed by atoms with Gasteiger partial charge in [0, 0.05) is 51.0 Å². The van der Waals surface area contributed by atoms with E-state index >= 15 is 0 Å². The van der Waals surface area contributed by atoms with Gasteiger partial charge >= 0.3 is 0 Å². The number of rotatable bonds is 3. The van der Waals surface area contributed by atoms with E-state index < -0.39 is 0 Å². The number of piperazine rings is 1. The zero-order valence-electron chi connectivity index (χ0n) is 11.8. The van der Waals surface area contributed by atoms with Crippen molar-refractivity contribution in [3.8, 4) is 5.75 Å². The average Bonchev–Trinajstić information content (AvgIpc) is 2.45. The van der Waals surface area contributed by atoms with Crippen molar-refractivity contribution < 1.29 is 9.53 Å². The smallest absolute Gasteiger partial charge is 0.228 e. The third-order valence-corrected chi connectivity index (χ3v) is 4.14. The lowest BCUT2D eigenvalue weighted by Gasteiger charge is -2.39. The van der Waals surface area contributed by atoms with Gasteiger partial charge in [-0.3, -0.25) is 4.79 Å². The number of carbonyl (C=O) groups excluding carboxylic acids is 1. The van der Waals surface area contributed by atoms with Crippen LogP contribution in [-0.4, -0.2) is 57.2 Å². The Morgan fingerprint density at radius 1 is 1.25 bits per heavy atom. The van der Waals surface area contributed by atoms with Crippen LogP contribution in [0.25, 0.3) is 0 Å². The summed E-state index contributed by atoms with van der Waals surface area (Å²) in [6.45, 7) is 5.08. The van der Waals surface area contributed by atoms with E-state index in [0.29, 0.717) is 5.91 Å². The molecule has 5 nitrogen and oxygen atoms in total. The lowest BCUT2D eigenvalue weighted by atomic mass is 10.0. The van der Waals surface area contributed by atoms with Gasteiger partial charge in [0.1, 0.15) is 5.75 Å². The van der Waals surface area contributed by atoms with Gasteiger partial charge in [0.25, 0.3) is 0 Å². The van der Waals surface area contributed by atoms with Gasteiger partial charge < -0.3 is 19.9 Å². The molecule has 2 fully saturated rings. The topological polar surface area (TPSA) is 44.8 Å². The molecule has 0 bridgehead atoms. The Labute approximate surface area is 119 Å². The number of ether oxygens (including phenoxy) is 1. The first kappa shape index (κ1) is 13.2. The second-order valence-electron chi connectivity index (χ2n) is 5.37. The zero-order valence-corrected chi connectivity index (χ0v) is 11.8. The second kappa shape index (κ2) is 5.71. The van der Waals surface area contributed by atoms with Crippen LogP contribution in [0.1, 0.15) is 0 Å². The van der Waals surface area contributed by atoms with Gasteiger partial charge in [-0.2, -0.15) is 0 Å². The SMILES string of the molecule is COc1cccc(N2CCN(C(=O)C3CNC3)CC2)c1. The largest absolute Gasteiger partial charge is 0.497 e. The summed E-state index contributed by atoms with van der Waals surface area (Å²) in [6.07, 6.45) is 0. The number of methoxy groups -OCH3 is 1. The third kappa shape index (κ3) is 2.58. The predicted octanol–water partition coefficient (Wildman–Crippen LogP) is 0.563. The molecule has 0 spiro atoms. The van der Waals surface area contributed by atoms with Gasteiger partial charge in [-0.25, -0.2) is 0 Å². The summed E-state index contributed by atoms with van der Waals surface area (Å²) in [6, 6.07) is 8.10. The van der Waals surface area contributed by atoms with Gasteiger partial charge in [0.2, 0.25) is 5.91 Å². The quantitative estimate of drug-likeness (QED) is 0.875. The fourth-order valence-corrected chi connectivity index (χ4v) is 2.71. The highest BCUT2D eigenvalue weighted by Crippen LogP contribution is 2.22. The van der Waals surface area contributed by atoms with Crippen molar-refractivity contribution in [3.05, 3.63) is 24.3 Å². The fraction of sp³-hybridized carbons (Fsp3) is 0.533. The molecule has 0 saturated carbocycles. The Bertz CT molecular complexity index is 480. The number of anilines is 1. The Morgan fingerprint density at radius 2 is 2.00 bits per heavy atom. The molecule has 2 aliphatic heterocycles. The van der Waals surface area contributed by atoms with Crippen LogP contribution in [0.3, 0.4) is 0 Å². The summed E-state index contributed by atoms with van der Waals surface area (Å²) >= 11 is 0. The number of amides is 1. The van der Waals surface area contributed by atoms with Gasteiger partial charge in [-0.1, -0.05) is 6.07 Å². The summed E-state index contributed by atoms with van der Waals surface area (Å²) in [4.78, 5) is 16.5. The second-order valence-corrected chi connectivity index (χ2v) is 5.37. The van der Waals surface area contributed by atoms with Crippen molar-refractivity contribution in [3.63, 3.8) is 0 Å². The first-order valence-electron chi connectivity index (χ1n) is 7.16. The third-order valence-electron chi connectivity index (χ3n) is 4.14. The van der Waals surface area contributed by atoms with Gasteiger partial charge in [-0.15, -0.1) is 0 Å². The number of nitrogens with one attached hydrogen (secondary N) is 1. The van der Waals surface area contributed by atoms with Crippen LogP contribution >= 0.6 is 0 Å². The van der Waals surface area contributed by atoms with Crippen molar-refractivity contribution in [2.24, 2.45) is 5.92 Å². The van der Waals surface area contributed by atoms with Crippen LogP contribution in [0.2, 0.25) is 0 Å². The van der Waals surface area contributed by atoms with Crippen LogP contribution in [-0.2, 0) is 4.79 Å². The van der Waals surface area contributed by atoms with Gasteiger partial charge in [0.15, 0.2) is 0 Å². The van der Waals surface area contributed by atoms with Crippen molar-refractivity contribution in [1.29, 1.82) is 0 Å². The minimum atomic E-state index is 0.207. The number of benzene rings is 1. The van der Waals surface area contributed by atoms with Crippen molar-refractivity contribution in [1.82, 2.24) is 10.2 Å². The highest BCUT2D eigenvalue weighted by Gasteiger charge is 2.31. The van der Waals surface area contributed by atoms with Gasteiger partial charge in [0.05, 0.1) is 13.0 Å². The zero-order chi connectivity index (χ0) is 13.9. The summed E-state index contributed by atoms with van der Waals surface area (Å²) in [5, 5.41) is 3.16. The molecule has 1 aromatic rings. The maximum Gasteiger partial charge on any atom is 0.228 e. The summed E-state index contributed by atoms with van der Waals surface area (Å²) in [5.74, 6) is 1.40. The van der Waals surface area contributed by atoms with E-state index in [9.17, 15) is 4.79 Å². The molecule has 0 radical (unpaired) electrons. The van der Waals surface area contributed by atoms with Crippen molar-refractivity contribution >= 4 is 11.6 Å². The molecule has 20 heavy (non-hydrogen) atoms. The predicted molar refractivity (Wildman–Crippen MR) is 78.1 cm³/mol. The molecule has 108 valence electrons. The maximum atomic E-state index is 12.2. The lowest BCUT2D eigenvalue weighted by molar-refractivity contribution is -0.137. The summed E-state index contributed by atoms with van der Waals surface area (Å²) < 4.78 is 5.26. The number of nitrogens with zero attached hydrogens (tertiary/aromatic N) is 2. The monoisotopic (exact) mass is 275 g/mol. The molecule has 0 aromatic heterocycles. The molecule has 0 unspecified atom stereocenters. The molecule has 5 heteroatoms. The van der Waals surface area contributed by atoms with Crippen LogP contribution < -0.4 is 15.0 Å². The highest BCUT2D eigenvalue weighted by atomic mass is 16.5. The molecule has 1 aromatic carbocycles. The standard InChI is InChI=1S/C15H21N3O2/c1-20-14-4-2-3-13(9-14)17-5-7-18(8-6-17)15(19)12-10-16-11-12/h2-4,9,12,16H,5-8,10-11H2,1H3. The Hall–Kier alpha value is -1.75. The van der Waals surface area contributed by atoms with E-state index in [1.54, 1.807) is 7.11 Å². The van der Waals surface area contributed by atoms with Crippen molar-refractivity contribution in [2.75, 3.05) is 51.3 Å². The number of hydrogen-bond acceptors (Lipinski definition) is 4. The van der Waals surface area contributed by atoms with Gasteiger partial charge in [-0.05, 0) is 12.1 Å². The van der Waals surface area contributed by atoms with E-state index in [2.05, 4.69) is 16.3 Å². The molecule has 0 atom stereocenters. The molecule has 2 saturated heterocycles. The first-order chi connectivity index (χ1) is 9.78. The van der Waals surface area contributed by atoms with E-state index in [1.165, 1.54) is 5.69 Å². The molecule has 1 amide bonds. The Balaban J connectivity index is 1.58. The molecule has 2 heterocycles. The van der Waals surface area contributed by atoms with E-state index in [4.69, 9.17) is 4.74 Å². The average molecular weight is 275 g/mol. The number of carbonyl (C=O) groups is 1. The first-order valence-corrected chi connectivity index (χ1v) is 7.16. The Kier molecular flexibility index (Phi) is 3.78. The summed E-state index contributed by atoms with van der Waals surface area (Å²) in [5.41, 5.74) is 1.17. The van der Waals surface area contributed by atoms with Crippen LogP contribution in [0, 0.1) is 5.92 Å². The highest BCUT2D eigenvalue weighted by molar-refractivity contribution is 5.80. The molecule has 2 aliphatic rings. The van der Waals surface area contributed by atoms with E-state index in [1.807, 2.05) is 23.1 Å². The fourth-order valence-electron chi connectivity index (χ4n) is 2.71. The minimum absolute atomic E-state index is 0.207. The molecular weight excluding hydrogens is 254 g/mol. The Morgan fingerprint density at radius 3 is 2.60 bits per heavy atom. The van der Waals surface area contributed by atoms with Crippen LogP contribution in [0.4, 0.5) is 5.69 Å². The van der Waals surface area contributed by atoms with Crippen LogP contribution in [0.5, 0.6) is 5.75 Å². The van der Waals surface area contributed by atoms with E-state index in [-0.39, 0.29) is 5.92 Å². The number of hydrogen-bond donors (Lipinski definition) is 1. The van der Waals surface area contributed by atoms with Crippen molar-refractivity contribution in [2.45, 2.75) is 0 Å². The minimum Gasteiger partial charge on any atom is -0.497 e. The van der Waals surface area contributed by atoms with E-state index in [0.717, 1.165) is 45.0 Å². The molecule has 0 aliphatic carbocycles. The maximum absolute atomic E-state index is 12.2. The van der Waals surface area contributed by atoms with Crippen LogP contribution in [0.15, 0.2) is 24.3 Å². The summed E-state index contributed by atoms with van der Waals surface area (Å²) in [7, 11) is 1.68. The molecule has 1 N–H and O–H groups in total. The molecular formula is C15H21N3O2. The molecule has 3 rings (SSSR count). The lowest BCUT2D eigenvalue weighted by Crippen LogP contribution is -2.56.